The van der Waals surface area contributed by atoms with Crippen LogP contribution in [0.15, 0.2) is 30.6 Å². The van der Waals surface area contributed by atoms with Crippen molar-refractivity contribution in [2.45, 2.75) is 13.5 Å². The maximum Gasteiger partial charge on any atom is 0.277 e. The van der Waals surface area contributed by atoms with Crippen molar-refractivity contribution in [3.05, 3.63) is 57.7 Å². The van der Waals surface area contributed by atoms with E-state index in [1.165, 1.54) is 22.9 Å². The largest absolute Gasteiger partial charge is 0.277 e. The van der Waals surface area contributed by atoms with E-state index in [2.05, 4.69) is 5.10 Å². The van der Waals surface area contributed by atoms with Gasteiger partial charge in [0, 0.05) is 12.3 Å². The standard InChI is InChI=1S/C11H10FN3O2/c1-8-5-13-14(6-8)7-9-10(12)3-2-4-11(9)15(16)17/h2-6H,7H2,1H3. The van der Waals surface area contributed by atoms with Crippen LogP contribution in [0.3, 0.4) is 0 Å². The molecule has 5 nitrogen and oxygen atoms in total. The van der Waals surface area contributed by atoms with Gasteiger partial charge >= 0.3 is 0 Å². The first-order valence-corrected chi connectivity index (χ1v) is 4.99. The number of hydrogen-bond acceptors (Lipinski definition) is 3. The highest BCUT2D eigenvalue weighted by atomic mass is 19.1. The summed E-state index contributed by atoms with van der Waals surface area (Å²) < 4.78 is 15.0. The molecule has 0 unspecified atom stereocenters. The number of rotatable bonds is 3. The van der Waals surface area contributed by atoms with Crippen molar-refractivity contribution in [3.8, 4) is 0 Å². The summed E-state index contributed by atoms with van der Waals surface area (Å²) in [4.78, 5) is 10.2. The number of nitro groups is 1. The second kappa shape index (κ2) is 4.32. The molecule has 6 heteroatoms. The number of halogens is 1. The zero-order valence-electron chi connectivity index (χ0n) is 9.13. The van der Waals surface area contributed by atoms with E-state index in [4.69, 9.17) is 0 Å². The Bertz CT molecular complexity index is 566. The second-order valence-electron chi connectivity index (χ2n) is 3.71. The van der Waals surface area contributed by atoms with E-state index in [-0.39, 0.29) is 17.8 Å². The molecule has 0 aliphatic carbocycles. The highest BCUT2D eigenvalue weighted by Crippen LogP contribution is 2.22. The van der Waals surface area contributed by atoms with Gasteiger partial charge in [0.15, 0.2) is 0 Å². The highest BCUT2D eigenvalue weighted by molar-refractivity contribution is 5.41. The lowest BCUT2D eigenvalue weighted by atomic mass is 10.1. The predicted molar refractivity (Wildman–Crippen MR) is 59.1 cm³/mol. The molecule has 2 rings (SSSR count). The first kappa shape index (κ1) is 11.3. The molecule has 0 N–H and O–H groups in total. The molecule has 1 aromatic heterocycles. The third kappa shape index (κ3) is 2.30. The van der Waals surface area contributed by atoms with Crippen molar-refractivity contribution in [3.63, 3.8) is 0 Å². The average molecular weight is 235 g/mol. The molecule has 1 heterocycles. The Balaban J connectivity index is 2.40. The lowest BCUT2D eigenvalue weighted by Crippen LogP contribution is -2.06. The van der Waals surface area contributed by atoms with Gasteiger partial charge < -0.3 is 0 Å². The van der Waals surface area contributed by atoms with Crippen molar-refractivity contribution >= 4 is 5.69 Å². The quantitative estimate of drug-likeness (QED) is 0.605. The molecule has 0 aliphatic heterocycles. The van der Waals surface area contributed by atoms with Crippen LogP contribution in [0.25, 0.3) is 0 Å². The Kier molecular flexibility index (Phi) is 2.86. The summed E-state index contributed by atoms with van der Waals surface area (Å²) in [6.45, 7) is 1.90. The van der Waals surface area contributed by atoms with Crippen LogP contribution in [-0.4, -0.2) is 14.7 Å². The summed E-state index contributed by atoms with van der Waals surface area (Å²) >= 11 is 0. The van der Waals surface area contributed by atoms with Crippen LogP contribution in [0.4, 0.5) is 10.1 Å². The molecule has 2 aromatic rings. The molecule has 0 fully saturated rings. The molecule has 0 aliphatic rings. The third-order valence-electron chi connectivity index (χ3n) is 2.37. The minimum atomic E-state index is -0.590. The number of hydrogen-bond donors (Lipinski definition) is 0. The fraction of sp³-hybridized carbons (Fsp3) is 0.182. The monoisotopic (exact) mass is 235 g/mol. The van der Waals surface area contributed by atoms with Crippen molar-refractivity contribution in [1.82, 2.24) is 9.78 Å². The summed E-state index contributed by atoms with van der Waals surface area (Å²) in [7, 11) is 0. The topological polar surface area (TPSA) is 61.0 Å². The number of aryl methyl sites for hydroxylation is 1. The van der Waals surface area contributed by atoms with E-state index >= 15 is 0 Å². The Morgan fingerprint density at radius 3 is 2.88 bits per heavy atom. The summed E-state index contributed by atoms with van der Waals surface area (Å²) in [5.41, 5.74) is 0.739. The van der Waals surface area contributed by atoms with Gasteiger partial charge in [-0.1, -0.05) is 6.07 Å². The molecule has 0 bridgehead atoms. The summed E-state index contributed by atoms with van der Waals surface area (Å²) in [6, 6.07) is 3.82. The van der Waals surface area contributed by atoms with Crippen LogP contribution in [0.1, 0.15) is 11.1 Å². The maximum atomic E-state index is 13.6. The van der Waals surface area contributed by atoms with E-state index in [0.717, 1.165) is 5.56 Å². The van der Waals surface area contributed by atoms with Crippen LogP contribution in [-0.2, 0) is 6.54 Å². The Morgan fingerprint density at radius 1 is 1.53 bits per heavy atom. The van der Waals surface area contributed by atoms with E-state index in [0.29, 0.717) is 0 Å². The summed E-state index contributed by atoms with van der Waals surface area (Å²) in [5, 5.41) is 14.8. The second-order valence-corrected chi connectivity index (χ2v) is 3.71. The lowest BCUT2D eigenvalue weighted by molar-refractivity contribution is -0.385. The molecule has 0 saturated carbocycles. The van der Waals surface area contributed by atoms with Gasteiger partial charge in [0.05, 0.1) is 23.2 Å². The van der Waals surface area contributed by atoms with Crippen LogP contribution >= 0.6 is 0 Å². The lowest BCUT2D eigenvalue weighted by Gasteiger charge is -2.04. The molecule has 1 aromatic carbocycles. The van der Waals surface area contributed by atoms with Gasteiger partial charge in [0.25, 0.3) is 5.69 Å². The fourth-order valence-electron chi connectivity index (χ4n) is 1.59. The summed E-state index contributed by atoms with van der Waals surface area (Å²) in [6.07, 6.45) is 3.32. The zero-order chi connectivity index (χ0) is 12.4. The number of nitrogens with zero attached hydrogens (tertiary/aromatic N) is 3. The maximum absolute atomic E-state index is 13.6. The normalized spacial score (nSPS) is 10.5. The van der Waals surface area contributed by atoms with Crippen LogP contribution < -0.4 is 0 Å². The summed E-state index contributed by atoms with van der Waals surface area (Å²) in [5.74, 6) is -0.590. The minimum absolute atomic E-state index is 0.0422. The van der Waals surface area contributed by atoms with Crippen molar-refractivity contribution in [1.29, 1.82) is 0 Å². The van der Waals surface area contributed by atoms with Crippen LogP contribution in [0, 0.1) is 22.9 Å². The smallest absolute Gasteiger partial charge is 0.268 e. The zero-order valence-corrected chi connectivity index (χ0v) is 9.13. The van der Waals surface area contributed by atoms with Crippen molar-refractivity contribution < 1.29 is 9.31 Å². The van der Waals surface area contributed by atoms with Crippen molar-refractivity contribution in [2.75, 3.05) is 0 Å². The number of nitro benzene ring substituents is 1. The number of benzene rings is 1. The molecule has 17 heavy (non-hydrogen) atoms. The fourth-order valence-corrected chi connectivity index (χ4v) is 1.59. The molecule has 0 spiro atoms. The Hall–Kier alpha value is -2.24. The minimum Gasteiger partial charge on any atom is -0.268 e. The Labute approximate surface area is 96.6 Å². The van der Waals surface area contributed by atoms with Gasteiger partial charge in [0.2, 0.25) is 0 Å². The molecule has 88 valence electrons. The van der Waals surface area contributed by atoms with Gasteiger partial charge in [-0.3, -0.25) is 14.8 Å². The Morgan fingerprint density at radius 2 is 2.29 bits per heavy atom. The third-order valence-corrected chi connectivity index (χ3v) is 2.37. The molecular weight excluding hydrogens is 225 g/mol. The van der Waals surface area contributed by atoms with Gasteiger partial charge in [-0.25, -0.2) is 4.39 Å². The van der Waals surface area contributed by atoms with Crippen LogP contribution in [0.5, 0.6) is 0 Å². The van der Waals surface area contributed by atoms with Gasteiger partial charge in [0.1, 0.15) is 5.82 Å². The molecular formula is C11H10FN3O2. The molecule has 0 atom stereocenters. The number of aromatic nitrogens is 2. The first-order chi connectivity index (χ1) is 8.08. The van der Waals surface area contributed by atoms with Gasteiger partial charge in [-0.05, 0) is 18.6 Å². The SMILES string of the molecule is Cc1cnn(Cc2c(F)cccc2[N+](=O)[O-])c1. The predicted octanol–water partition coefficient (Wildman–Crippen LogP) is 2.29. The van der Waals surface area contributed by atoms with E-state index in [9.17, 15) is 14.5 Å². The average Bonchev–Trinajstić information content (AvgIpc) is 2.67. The van der Waals surface area contributed by atoms with E-state index in [1.54, 1.807) is 12.4 Å². The van der Waals surface area contributed by atoms with Crippen LogP contribution in [0.2, 0.25) is 0 Å². The van der Waals surface area contributed by atoms with Gasteiger partial charge in [-0.15, -0.1) is 0 Å². The van der Waals surface area contributed by atoms with E-state index in [1.807, 2.05) is 6.92 Å². The van der Waals surface area contributed by atoms with Crippen molar-refractivity contribution in [2.24, 2.45) is 0 Å². The highest BCUT2D eigenvalue weighted by Gasteiger charge is 2.18. The van der Waals surface area contributed by atoms with Gasteiger partial charge in [-0.2, -0.15) is 5.10 Å². The molecule has 0 amide bonds. The first-order valence-electron chi connectivity index (χ1n) is 4.99. The van der Waals surface area contributed by atoms with E-state index < -0.39 is 10.7 Å². The molecule has 0 radical (unpaired) electrons. The molecule has 0 saturated heterocycles.